The van der Waals surface area contributed by atoms with Gasteiger partial charge in [0.25, 0.3) is 0 Å². The summed E-state index contributed by atoms with van der Waals surface area (Å²) in [4.78, 5) is 10.7. The molecule has 110 valence electrons. The second-order valence-corrected chi connectivity index (χ2v) is 5.88. The van der Waals surface area contributed by atoms with Gasteiger partial charge in [-0.05, 0) is 35.7 Å². The highest BCUT2D eigenvalue weighted by molar-refractivity contribution is 6.30. The summed E-state index contributed by atoms with van der Waals surface area (Å²) in [5.41, 5.74) is 1.77. The van der Waals surface area contributed by atoms with E-state index in [0.29, 0.717) is 11.4 Å². The van der Waals surface area contributed by atoms with Crippen molar-refractivity contribution in [1.29, 1.82) is 0 Å². The predicted molar refractivity (Wildman–Crippen MR) is 83.5 cm³/mol. The molecule has 2 rings (SSSR count). The standard InChI is InChI=1S/C17H17ClO3/c1-17(21,11-16(19)20)10-12-2-4-13(5-3-12)14-6-8-15(18)9-7-14/h2-9,21H,10-11H2,1H3,(H,19,20). The number of aliphatic carboxylic acids is 1. The molecule has 0 aliphatic heterocycles. The minimum absolute atomic E-state index is 0.272. The van der Waals surface area contributed by atoms with E-state index in [0.717, 1.165) is 16.7 Å². The van der Waals surface area contributed by atoms with Crippen LogP contribution in [0.25, 0.3) is 11.1 Å². The Balaban J connectivity index is 2.12. The quantitative estimate of drug-likeness (QED) is 0.884. The Morgan fingerprint density at radius 2 is 1.52 bits per heavy atom. The van der Waals surface area contributed by atoms with Gasteiger partial charge in [0.2, 0.25) is 0 Å². The fourth-order valence-corrected chi connectivity index (χ4v) is 2.41. The Morgan fingerprint density at radius 1 is 1.05 bits per heavy atom. The molecule has 0 spiro atoms. The van der Waals surface area contributed by atoms with Gasteiger partial charge in [-0.3, -0.25) is 4.79 Å². The third-order valence-corrected chi connectivity index (χ3v) is 3.50. The molecule has 0 saturated carbocycles. The van der Waals surface area contributed by atoms with Gasteiger partial charge in [0, 0.05) is 11.4 Å². The van der Waals surface area contributed by atoms with Crippen molar-refractivity contribution in [3.63, 3.8) is 0 Å². The van der Waals surface area contributed by atoms with Crippen molar-refractivity contribution in [2.24, 2.45) is 0 Å². The van der Waals surface area contributed by atoms with Crippen LogP contribution in [0.5, 0.6) is 0 Å². The highest BCUT2D eigenvalue weighted by Gasteiger charge is 2.24. The van der Waals surface area contributed by atoms with Gasteiger partial charge in [-0.25, -0.2) is 0 Å². The lowest BCUT2D eigenvalue weighted by atomic mass is 9.92. The Kier molecular flexibility index (Phi) is 4.66. The van der Waals surface area contributed by atoms with Gasteiger partial charge in [-0.2, -0.15) is 0 Å². The molecule has 0 heterocycles. The Bertz CT molecular complexity index is 615. The molecule has 0 fully saturated rings. The van der Waals surface area contributed by atoms with Crippen LogP contribution in [0.1, 0.15) is 18.9 Å². The molecule has 0 aliphatic rings. The van der Waals surface area contributed by atoms with E-state index in [1.165, 1.54) is 6.92 Å². The van der Waals surface area contributed by atoms with E-state index in [2.05, 4.69) is 0 Å². The molecule has 0 bridgehead atoms. The lowest BCUT2D eigenvalue weighted by molar-refractivity contribution is -0.141. The fraction of sp³-hybridized carbons (Fsp3) is 0.235. The van der Waals surface area contributed by atoms with E-state index >= 15 is 0 Å². The molecule has 0 aromatic heterocycles. The number of aliphatic hydroxyl groups is 1. The maximum atomic E-state index is 10.7. The molecule has 0 amide bonds. The first-order valence-corrected chi connectivity index (χ1v) is 7.03. The third kappa shape index (κ3) is 4.59. The Morgan fingerprint density at radius 3 is 2.00 bits per heavy atom. The molecule has 0 saturated heterocycles. The molecular formula is C17H17ClO3. The van der Waals surface area contributed by atoms with E-state index in [1.807, 2.05) is 48.5 Å². The second kappa shape index (κ2) is 6.29. The zero-order valence-electron chi connectivity index (χ0n) is 11.7. The fourth-order valence-electron chi connectivity index (χ4n) is 2.29. The predicted octanol–water partition coefficient (Wildman–Crippen LogP) is 3.78. The number of hydrogen-bond acceptors (Lipinski definition) is 2. The highest BCUT2D eigenvalue weighted by atomic mass is 35.5. The molecule has 4 heteroatoms. The topological polar surface area (TPSA) is 57.5 Å². The number of rotatable bonds is 5. The maximum absolute atomic E-state index is 10.7. The minimum Gasteiger partial charge on any atom is -0.481 e. The van der Waals surface area contributed by atoms with Crippen molar-refractivity contribution < 1.29 is 15.0 Å². The summed E-state index contributed by atoms with van der Waals surface area (Å²) >= 11 is 5.86. The molecule has 0 aliphatic carbocycles. The number of carboxylic acid groups (broad SMARTS) is 1. The SMILES string of the molecule is CC(O)(CC(=O)O)Cc1ccc(-c2ccc(Cl)cc2)cc1. The van der Waals surface area contributed by atoms with E-state index in [-0.39, 0.29) is 6.42 Å². The van der Waals surface area contributed by atoms with E-state index < -0.39 is 11.6 Å². The van der Waals surface area contributed by atoms with Crippen molar-refractivity contribution in [3.8, 4) is 11.1 Å². The van der Waals surface area contributed by atoms with Gasteiger partial charge in [-0.1, -0.05) is 48.0 Å². The van der Waals surface area contributed by atoms with Crippen LogP contribution in [-0.2, 0) is 11.2 Å². The minimum atomic E-state index is -1.24. The first kappa shape index (κ1) is 15.5. The van der Waals surface area contributed by atoms with Gasteiger partial charge in [-0.15, -0.1) is 0 Å². The van der Waals surface area contributed by atoms with Crippen molar-refractivity contribution >= 4 is 17.6 Å². The van der Waals surface area contributed by atoms with Crippen LogP contribution in [0.2, 0.25) is 5.02 Å². The van der Waals surface area contributed by atoms with Crippen LogP contribution in [0.4, 0.5) is 0 Å². The van der Waals surface area contributed by atoms with Crippen LogP contribution in [0.3, 0.4) is 0 Å². The molecule has 2 aromatic carbocycles. The summed E-state index contributed by atoms with van der Waals surface area (Å²) in [6.07, 6.45) is 0.0339. The molecule has 2 N–H and O–H groups in total. The summed E-state index contributed by atoms with van der Waals surface area (Å²) < 4.78 is 0. The van der Waals surface area contributed by atoms with E-state index in [9.17, 15) is 9.90 Å². The van der Waals surface area contributed by atoms with Crippen LogP contribution >= 0.6 is 11.6 Å². The maximum Gasteiger partial charge on any atom is 0.306 e. The van der Waals surface area contributed by atoms with Gasteiger partial charge >= 0.3 is 5.97 Å². The molecule has 0 radical (unpaired) electrons. The van der Waals surface area contributed by atoms with Crippen LogP contribution in [0.15, 0.2) is 48.5 Å². The smallest absolute Gasteiger partial charge is 0.306 e. The summed E-state index contributed by atoms with van der Waals surface area (Å²) in [6, 6.07) is 15.3. The van der Waals surface area contributed by atoms with E-state index in [4.69, 9.17) is 16.7 Å². The summed E-state index contributed by atoms with van der Waals surface area (Å²) in [5, 5.41) is 19.5. The van der Waals surface area contributed by atoms with Gasteiger partial charge in [0.15, 0.2) is 0 Å². The number of carbonyl (C=O) groups is 1. The third-order valence-electron chi connectivity index (χ3n) is 3.25. The monoisotopic (exact) mass is 304 g/mol. The Labute approximate surface area is 128 Å². The number of halogens is 1. The Hall–Kier alpha value is -1.84. The van der Waals surface area contributed by atoms with Crippen molar-refractivity contribution in [3.05, 3.63) is 59.1 Å². The van der Waals surface area contributed by atoms with Crippen molar-refractivity contribution in [2.45, 2.75) is 25.4 Å². The second-order valence-electron chi connectivity index (χ2n) is 5.45. The zero-order valence-corrected chi connectivity index (χ0v) is 12.5. The van der Waals surface area contributed by atoms with Gasteiger partial charge in [0.1, 0.15) is 0 Å². The van der Waals surface area contributed by atoms with Gasteiger partial charge < -0.3 is 10.2 Å². The summed E-state index contributed by atoms with van der Waals surface area (Å²) in [6.45, 7) is 1.54. The summed E-state index contributed by atoms with van der Waals surface area (Å²) in [7, 11) is 0. The first-order chi connectivity index (χ1) is 9.85. The van der Waals surface area contributed by atoms with Crippen LogP contribution in [-0.4, -0.2) is 21.8 Å². The first-order valence-electron chi connectivity index (χ1n) is 6.65. The van der Waals surface area contributed by atoms with Crippen LogP contribution in [0, 0.1) is 0 Å². The number of hydrogen-bond donors (Lipinski definition) is 2. The molecule has 2 aromatic rings. The largest absolute Gasteiger partial charge is 0.481 e. The molecule has 3 nitrogen and oxygen atoms in total. The van der Waals surface area contributed by atoms with Crippen molar-refractivity contribution in [1.82, 2.24) is 0 Å². The lowest BCUT2D eigenvalue weighted by Gasteiger charge is -2.21. The van der Waals surface area contributed by atoms with Crippen molar-refractivity contribution in [2.75, 3.05) is 0 Å². The van der Waals surface area contributed by atoms with Gasteiger partial charge in [0.05, 0.1) is 12.0 Å². The van der Waals surface area contributed by atoms with E-state index in [1.54, 1.807) is 0 Å². The number of benzene rings is 2. The highest BCUT2D eigenvalue weighted by Crippen LogP contribution is 2.23. The molecule has 1 atom stereocenters. The average molecular weight is 305 g/mol. The lowest BCUT2D eigenvalue weighted by Crippen LogP contribution is -2.30. The number of carboxylic acids is 1. The molecule has 1 unspecified atom stereocenters. The zero-order chi connectivity index (χ0) is 15.5. The van der Waals surface area contributed by atoms with Crippen LogP contribution < -0.4 is 0 Å². The normalized spacial score (nSPS) is 13.7. The molecular weight excluding hydrogens is 288 g/mol. The molecule has 21 heavy (non-hydrogen) atoms. The summed E-state index contributed by atoms with van der Waals surface area (Å²) in [5.74, 6) is -1.00. The average Bonchev–Trinajstić information content (AvgIpc) is 2.38.